The Labute approximate surface area is 129 Å². The first-order chi connectivity index (χ1) is 10.7. The zero-order valence-corrected chi connectivity index (χ0v) is 11.9. The number of ether oxygens (including phenoxy) is 1. The van der Waals surface area contributed by atoms with Gasteiger partial charge in [-0.2, -0.15) is 18.4 Å². The number of alkyl halides is 3. The number of halogens is 4. The fraction of sp³-hybridized carbons (Fsp3) is 0.188. The average Bonchev–Trinajstić information content (AvgIpc) is 2.47. The molecule has 7 heteroatoms. The number of nitrogens with zero attached hydrogens (tertiary/aromatic N) is 1. The van der Waals surface area contributed by atoms with Crippen LogP contribution in [0.4, 0.5) is 17.6 Å². The second-order valence-electron chi connectivity index (χ2n) is 4.82. The van der Waals surface area contributed by atoms with Crippen LogP contribution >= 0.6 is 0 Å². The van der Waals surface area contributed by atoms with Crippen LogP contribution in [0.2, 0.25) is 0 Å². The summed E-state index contributed by atoms with van der Waals surface area (Å²) in [4.78, 5) is 0. The summed E-state index contributed by atoms with van der Waals surface area (Å²) in [5.74, 6) is -1.45. The van der Waals surface area contributed by atoms with Crippen molar-refractivity contribution in [1.29, 1.82) is 5.26 Å². The van der Waals surface area contributed by atoms with E-state index < -0.39 is 23.7 Å². The second kappa shape index (κ2) is 6.26. The van der Waals surface area contributed by atoms with Crippen LogP contribution in [0.5, 0.6) is 11.5 Å². The summed E-state index contributed by atoms with van der Waals surface area (Å²) in [5.41, 5.74) is -1.01. The highest BCUT2D eigenvalue weighted by Crippen LogP contribution is 2.34. The standard InChI is InChI=1S/C16H11F4NO2/c1-9(22)11-2-3-15(14(17)6-11)23-13-5-10(8-21)4-12(7-13)16(18,19)20/h2-7,9,22H,1H3. The molecule has 2 rings (SSSR count). The molecule has 1 atom stereocenters. The van der Waals surface area contributed by atoms with E-state index in [-0.39, 0.29) is 17.1 Å². The van der Waals surface area contributed by atoms with Gasteiger partial charge in [0.15, 0.2) is 11.6 Å². The van der Waals surface area contributed by atoms with Gasteiger partial charge in [0, 0.05) is 0 Å². The molecule has 2 aromatic rings. The first kappa shape index (κ1) is 16.8. The maximum absolute atomic E-state index is 13.9. The predicted molar refractivity (Wildman–Crippen MR) is 73.3 cm³/mol. The number of aliphatic hydroxyl groups excluding tert-OH is 1. The van der Waals surface area contributed by atoms with Gasteiger partial charge >= 0.3 is 6.18 Å². The third kappa shape index (κ3) is 3.99. The Bertz CT molecular complexity index is 764. The molecular formula is C16H11F4NO2. The van der Waals surface area contributed by atoms with Crippen molar-refractivity contribution in [3.05, 3.63) is 58.9 Å². The number of hydrogen-bond acceptors (Lipinski definition) is 3. The minimum Gasteiger partial charge on any atom is -0.454 e. The molecular weight excluding hydrogens is 314 g/mol. The molecule has 0 fully saturated rings. The topological polar surface area (TPSA) is 53.2 Å². The van der Waals surface area contributed by atoms with E-state index in [2.05, 4.69) is 0 Å². The molecule has 0 aliphatic rings. The third-order valence-electron chi connectivity index (χ3n) is 3.03. The van der Waals surface area contributed by atoms with Crippen LogP contribution < -0.4 is 4.74 Å². The molecule has 1 N–H and O–H groups in total. The molecule has 23 heavy (non-hydrogen) atoms. The Hall–Kier alpha value is -2.59. The molecule has 0 aromatic heterocycles. The SMILES string of the molecule is CC(O)c1ccc(Oc2cc(C#N)cc(C(F)(F)F)c2)c(F)c1. The van der Waals surface area contributed by atoms with Crippen LogP contribution in [0.15, 0.2) is 36.4 Å². The predicted octanol–water partition coefficient (Wildman–Crippen LogP) is 4.56. The van der Waals surface area contributed by atoms with Crippen molar-refractivity contribution in [2.24, 2.45) is 0 Å². The van der Waals surface area contributed by atoms with Crippen LogP contribution in [-0.2, 0) is 6.18 Å². The molecule has 0 radical (unpaired) electrons. The monoisotopic (exact) mass is 325 g/mol. The average molecular weight is 325 g/mol. The van der Waals surface area contributed by atoms with Crippen molar-refractivity contribution in [3.63, 3.8) is 0 Å². The molecule has 0 heterocycles. The molecule has 0 saturated heterocycles. The van der Waals surface area contributed by atoms with Crippen LogP contribution in [0.1, 0.15) is 29.7 Å². The van der Waals surface area contributed by atoms with Crippen molar-refractivity contribution in [1.82, 2.24) is 0 Å². The maximum atomic E-state index is 13.9. The zero-order chi connectivity index (χ0) is 17.2. The maximum Gasteiger partial charge on any atom is 0.416 e. The van der Waals surface area contributed by atoms with Gasteiger partial charge in [0.25, 0.3) is 0 Å². The van der Waals surface area contributed by atoms with Crippen molar-refractivity contribution in [2.75, 3.05) is 0 Å². The van der Waals surface area contributed by atoms with E-state index in [0.29, 0.717) is 17.7 Å². The minimum absolute atomic E-state index is 0.254. The molecule has 0 saturated carbocycles. The molecule has 0 aliphatic carbocycles. The lowest BCUT2D eigenvalue weighted by atomic mass is 10.1. The van der Waals surface area contributed by atoms with Crippen LogP contribution in [-0.4, -0.2) is 5.11 Å². The first-order valence-corrected chi connectivity index (χ1v) is 6.48. The van der Waals surface area contributed by atoms with Gasteiger partial charge in [0.1, 0.15) is 5.75 Å². The van der Waals surface area contributed by atoms with E-state index in [1.165, 1.54) is 19.1 Å². The zero-order valence-electron chi connectivity index (χ0n) is 11.9. The number of rotatable bonds is 3. The largest absolute Gasteiger partial charge is 0.454 e. The van der Waals surface area contributed by atoms with Crippen molar-refractivity contribution >= 4 is 0 Å². The summed E-state index contributed by atoms with van der Waals surface area (Å²) < 4.78 is 57.3. The van der Waals surface area contributed by atoms with Crippen molar-refractivity contribution < 1.29 is 27.4 Å². The Kier molecular flexibility index (Phi) is 4.57. The highest BCUT2D eigenvalue weighted by atomic mass is 19.4. The molecule has 0 bridgehead atoms. The van der Waals surface area contributed by atoms with Gasteiger partial charge < -0.3 is 9.84 Å². The van der Waals surface area contributed by atoms with Gasteiger partial charge in [-0.3, -0.25) is 0 Å². The quantitative estimate of drug-likeness (QED) is 0.842. The van der Waals surface area contributed by atoms with Crippen LogP contribution in [0, 0.1) is 17.1 Å². The Balaban J connectivity index is 2.39. The first-order valence-electron chi connectivity index (χ1n) is 6.48. The number of aliphatic hydroxyl groups is 1. The van der Waals surface area contributed by atoms with Gasteiger partial charge in [0.05, 0.1) is 23.3 Å². The summed E-state index contributed by atoms with van der Waals surface area (Å²) in [5, 5.41) is 18.2. The molecule has 2 aromatic carbocycles. The normalized spacial score (nSPS) is 12.6. The number of benzene rings is 2. The Morgan fingerprint density at radius 3 is 2.39 bits per heavy atom. The number of hydrogen-bond donors (Lipinski definition) is 1. The Morgan fingerprint density at radius 1 is 1.17 bits per heavy atom. The summed E-state index contributed by atoms with van der Waals surface area (Å²) in [6, 6.07) is 7.66. The van der Waals surface area contributed by atoms with Gasteiger partial charge in [-0.05, 0) is 42.8 Å². The van der Waals surface area contributed by atoms with E-state index in [0.717, 1.165) is 12.1 Å². The van der Waals surface area contributed by atoms with Crippen LogP contribution in [0.25, 0.3) is 0 Å². The lowest BCUT2D eigenvalue weighted by molar-refractivity contribution is -0.137. The molecule has 1 unspecified atom stereocenters. The van der Waals surface area contributed by atoms with Gasteiger partial charge in [-0.1, -0.05) is 6.07 Å². The van der Waals surface area contributed by atoms with Crippen molar-refractivity contribution in [3.8, 4) is 17.6 Å². The van der Waals surface area contributed by atoms with E-state index in [4.69, 9.17) is 10.00 Å². The van der Waals surface area contributed by atoms with E-state index in [1.54, 1.807) is 6.07 Å². The minimum atomic E-state index is -4.65. The number of nitriles is 1. The fourth-order valence-corrected chi connectivity index (χ4v) is 1.87. The summed E-state index contributed by atoms with van der Waals surface area (Å²) in [7, 11) is 0. The lowest BCUT2D eigenvalue weighted by Gasteiger charge is -2.12. The second-order valence-corrected chi connectivity index (χ2v) is 4.82. The fourth-order valence-electron chi connectivity index (χ4n) is 1.87. The molecule has 3 nitrogen and oxygen atoms in total. The molecule has 0 aliphatic heterocycles. The lowest BCUT2D eigenvalue weighted by Crippen LogP contribution is -2.05. The molecule has 0 amide bonds. The van der Waals surface area contributed by atoms with Gasteiger partial charge in [0.2, 0.25) is 0 Å². The summed E-state index contributed by atoms with van der Waals surface area (Å²) in [6.45, 7) is 1.45. The molecule has 0 spiro atoms. The smallest absolute Gasteiger partial charge is 0.416 e. The molecule has 120 valence electrons. The summed E-state index contributed by atoms with van der Waals surface area (Å²) >= 11 is 0. The third-order valence-corrected chi connectivity index (χ3v) is 3.03. The highest BCUT2D eigenvalue weighted by Gasteiger charge is 2.31. The van der Waals surface area contributed by atoms with Crippen LogP contribution in [0.3, 0.4) is 0 Å². The van der Waals surface area contributed by atoms with Gasteiger partial charge in [-0.25, -0.2) is 4.39 Å². The van der Waals surface area contributed by atoms with E-state index in [1.807, 2.05) is 0 Å². The Morgan fingerprint density at radius 2 is 1.87 bits per heavy atom. The van der Waals surface area contributed by atoms with Crippen molar-refractivity contribution in [2.45, 2.75) is 19.2 Å². The summed E-state index contributed by atoms with van der Waals surface area (Å²) in [6.07, 6.45) is -5.54. The van der Waals surface area contributed by atoms with E-state index in [9.17, 15) is 22.7 Å². The van der Waals surface area contributed by atoms with Gasteiger partial charge in [-0.15, -0.1) is 0 Å². The highest BCUT2D eigenvalue weighted by molar-refractivity contribution is 5.44. The van der Waals surface area contributed by atoms with E-state index >= 15 is 0 Å².